The van der Waals surface area contributed by atoms with Crippen LogP contribution in [0.1, 0.15) is 26.7 Å². The Morgan fingerprint density at radius 2 is 1.36 bits per heavy atom. The smallest absolute Gasteiger partial charge is 0.272 e. The molecule has 10 heteroatoms. The van der Waals surface area contributed by atoms with Crippen LogP contribution in [0.4, 0.5) is 11.4 Å². The molecule has 1 aromatic heterocycles. The Kier molecular flexibility index (Phi) is 10.9. The summed E-state index contributed by atoms with van der Waals surface area (Å²) in [6.45, 7) is 0. The number of hydrogen-bond acceptors (Lipinski definition) is 6. The van der Waals surface area contributed by atoms with Gasteiger partial charge in [-0.2, -0.15) is 0 Å². The molecule has 0 fully saturated rings. The molecular weight excluding hydrogens is 748 g/mol. The monoisotopic (exact) mass is 778 g/mol. The van der Waals surface area contributed by atoms with Crippen molar-refractivity contribution in [3.05, 3.63) is 185 Å². The number of anilines is 2. The Morgan fingerprint density at radius 1 is 0.698 bits per heavy atom. The normalized spacial score (nSPS) is 11.8. The molecule has 0 aliphatic rings. The van der Waals surface area contributed by atoms with Crippen LogP contribution in [0.5, 0.6) is 0 Å². The molecule has 0 saturated heterocycles. The second-order valence-corrected chi connectivity index (χ2v) is 14.0. The highest BCUT2D eigenvalue weighted by Crippen LogP contribution is 2.37. The number of nitrogens with zero attached hydrogens (tertiary/aromatic N) is 1. The van der Waals surface area contributed by atoms with Crippen molar-refractivity contribution in [3.8, 4) is 11.5 Å². The van der Waals surface area contributed by atoms with E-state index in [1.54, 1.807) is 42.5 Å². The number of nitrogens with one attached hydrogen (secondary N) is 3. The zero-order valence-corrected chi connectivity index (χ0v) is 30.4. The number of amides is 3. The summed E-state index contributed by atoms with van der Waals surface area (Å²) in [4.78, 5) is 45.7. The Morgan fingerprint density at radius 3 is 2.08 bits per heavy atom. The number of carbonyl (C=O) groups is 3. The Bertz CT molecular complexity index is 2380. The van der Waals surface area contributed by atoms with Crippen molar-refractivity contribution in [2.75, 3.05) is 10.6 Å². The highest BCUT2D eigenvalue weighted by atomic mass is 79.9. The second-order valence-electron chi connectivity index (χ2n) is 11.9. The molecule has 260 valence electrons. The maximum atomic E-state index is 13.8. The fourth-order valence-electron chi connectivity index (χ4n) is 5.46. The van der Waals surface area contributed by atoms with Crippen LogP contribution in [0.3, 0.4) is 0 Å². The number of carbonyl (C=O) groups excluding carboxylic acids is 3. The minimum Gasteiger partial charge on any atom is -0.436 e. The SMILES string of the molecule is O=C(Nc1ccc(SC(C(=O)Nc2ccc(-c3nc4ccccc4o3)cc2)c2ccccc2)cc1)/C(=C/c1cccc(Br)c1)NC(=O)c1ccccc1. The minimum atomic E-state index is -0.568. The van der Waals surface area contributed by atoms with E-state index in [-0.39, 0.29) is 11.6 Å². The van der Waals surface area contributed by atoms with Crippen molar-refractivity contribution in [2.45, 2.75) is 10.1 Å². The van der Waals surface area contributed by atoms with Crippen LogP contribution < -0.4 is 16.0 Å². The number of rotatable bonds is 11. The number of halogens is 1. The number of benzene rings is 6. The van der Waals surface area contributed by atoms with Crippen molar-refractivity contribution in [3.63, 3.8) is 0 Å². The molecule has 8 nitrogen and oxygen atoms in total. The van der Waals surface area contributed by atoms with Gasteiger partial charge in [0, 0.05) is 31.9 Å². The van der Waals surface area contributed by atoms with Crippen molar-refractivity contribution in [1.29, 1.82) is 0 Å². The fourth-order valence-corrected chi connectivity index (χ4v) is 6.90. The first kappa shape index (κ1) is 35.2. The van der Waals surface area contributed by atoms with E-state index in [0.717, 1.165) is 31.6 Å². The van der Waals surface area contributed by atoms with E-state index in [1.807, 2.05) is 121 Å². The lowest BCUT2D eigenvalue weighted by molar-refractivity contribution is -0.116. The molecule has 1 atom stereocenters. The van der Waals surface area contributed by atoms with Gasteiger partial charge in [0.05, 0.1) is 0 Å². The van der Waals surface area contributed by atoms with E-state index < -0.39 is 17.1 Å². The summed E-state index contributed by atoms with van der Waals surface area (Å²) in [5.74, 6) is -0.573. The van der Waals surface area contributed by atoms with E-state index in [4.69, 9.17) is 4.42 Å². The molecule has 0 radical (unpaired) electrons. The maximum absolute atomic E-state index is 13.8. The van der Waals surface area contributed by atoms with E-state index in [2.05, 4.69) is 36.9 Å². The lowest BCUT2D eigenvalue weighted by Crippen LogP contribution is -2.30. The highest BCUT2D eigenvalue weighted by Gasteiger charge is 2.23. The van der Waals surface area contributed by atoms with Gasteiger partial charge in [0.25, 0.3) is 11.8 Å². The Balaban J connectivity index is 1.05. The summed E-state index contributed by atoms with van der Waals surface area (Å²) in [5.41, 5.74) is 5.53. The summed E-state index contributed by atoms with van der Waals surface area (Å²) in [6, 6.07) is 47.9. The number of oxazole rings is 1. The van der Waals surface area contributed by atoms with E-state index >= 15 is 0 Å². The minimum absolute atomic E-state index is 0.0816. The molecule has 1 heterocycles. The van der Waals surface area contributed by atoms with Gasteiger partial charge in [-0.25, -0.2) is 4.98 Å². The lowest BCUT2D eigenvalue weighted by Gasteiger charge is -2.18. The summed E-state index contributed by atoms with van der Waals surface area (Å²) >= 11 is 4.85. The third kappa shape index (κ3) is 8.99. The third-order valence-electron chi connectivity index (χ3n) is 8.09. The topological polar surface area (TPSA) is 113 Å². The van der Waals surface area contributed by atoms with Crippen LogP contribution in [-0.2, 0) is 9.59 Å². The highest BCUT2D eigenvalue weighted by molar-refractivity contribution is 9.10. The molecule has 3 N–H and O–H groups in total. The molecule has 0 bridgehead atoms. The van der Waals surface area contributed by atoms with Gasteiger partial charge in [0.15, 0.2) is 5.58 Å². The molecule has 0 aliphatic heterocycles. The summed E-state index contributed by atoms with van der Waals surface area (Å²) in [6.07, 6.45) is 1.62. The molecule has 0 aliphatic carbocycles. The maximum Gasteiger partial charge on any atom is 0.272 e. The van der Waals surface area contributed by atoms with E-state index in [1.165, 1.54) is 11.8 Å². The van der Waals surface area contributed by atoms with Gasteiger partial charge < -0.3 is 20.4 Å². The number of fused-ring (bicyclic) bond motifs is 1. The average molecular weight is 780 g/mol. The van der Waals surface area contributed by atoms with Gasteiger partial charge >= 0.3 is 0 Å². The fraction of sp³-hybridized carbons (Fsp3) is 0.0233. The number of thioether (sulfide) groups is 1. The van der Waals surface area contributed by atoms with E-state index in [9.17, 15) is 14.4 Å². The summed E-state index contributed by atoms with van der Waals surface area (Å²) < 4.78 is 6.73. The van der Waals surface area contributed by atoms with Crippen LogP contribution in [-0.4, -0.2) is 22.7 Å². The predicted octanol–water partition coefficient (Wildman–Crippen LogP) is 10.1. The average Bonchev–Trinajstić information content (AvgIpc) is 3.63. The quantitative estimate of drug-likeness (QED) is 0.0890. The van der Waals surface area contributed by atoms with Crippen LogP contribution in [0.25, 0.3) is 28.6 Å². The lowest BCUT2D eigenvalue weighted by atomic mass is 10.1. The van der Waals surface area contributed by atoms with Gasteiger partial charge in [-0.15, -0.1) is 11.8 Å². The number of hydrogen-bond donors (Lipinski definition) is 3. The van der Waals surface area contributed by atoms with Crippen molar-refractivity contribution < 1.29 is 18.8 Å². The van der Waals surface area contributed by atoms with Crippen LogP contribution >= 0.6 is 27.7 Å². The Labute approximate surface area is 318 Å². The summed E-state index contributed by atoms with van der Waals surface area (Å²) in [5, 5.41) is 8.14. The van der Waals surface area contributed by atoms with Gasteiger partial charge in [-0.1, -0.05) is 88.7 Å². The predicted molar refractivity (Wildman–Crippen MR) is 214 cm³/mol. The molecule has 7 aromatic rings. The van der Waals surface area contributed by atoms with Gasteiger partial charge in [-0.05, 0) is 102 Å². The molecule has 53 heavy (non-hydrogen) atoms. The van der Waals surface area contributed by atoms with Gasteiger partial charge in [0.1, 0.15) is 16.5 Å². The zero-order valence-electron chi connectivity index (χ0n) is 28.0. The standard InChI is InChI=1S/C43H31BrN4O4S/c44-32-15-9-10-28(26-32)27-37(47-40(49)30-13-5-2-6-14-30)41(50)45-34-22-24-35(25-23-34)53-39(29-11-3-1-4-12-29)42(51)46-33-20-18-31(19-21-33)43-48-36-16-7-8-17-38(36)52-43/h1-27,39H,(H,45,50)(H,46,51)(H,47,49)/b37-27-. The molecular formula is C43H31BrN4O4S. The van der Waals surface area contributed by atoms with Gasteiger partial charge in [0.2, 0.25) is 11.8 Å². The molecule has 6 aromatic carbocycles. The molecule has 1 unspecified atom stereocenters. The first-order valence-corrected chi connectivity index (χ1v) is 18.3. The van der Waals surface area contributed by atoms with Crippen molar-refractivity contribution in [1.82, 2.24) is 10.3 Å². The molecule has 7 rings (SSSR count). The first-order valence-electron chi connectivity index (χ1n) is 16.6. The number of aromatic nitrogens is 1. The van der Waals surface area contributed by atoms with Crippen LogP contribution in [0.2, 0.25) is 0 Å². The number of para-hydroxylation sites is 2. The zero-order chi connectivity index (χ0) is 36.6. The second kappa shape index (κ2) is 16.4. The molecule has 3 amide bonds. The summed E-state index contributed by atoms with van der Waals surface area (Å²) in [7, 11) is 0. The largest absolute Gasteiger partial charge is 0.436 e. The van der Waals surface area contributed by atoms with E-state index in [0.29, 0.717) is 28.4 Å². The first-order chi connectivity index (χ1) is 25.9. The molecule has 0 saturated carbocycles. The Hall–Kier alpha value is -6.23. The van der Waals surface area contributed by atoms with Crippen LogP contribution in [0, 0.1) is 0 Å². The van der Waals surface area contributed by atoms with Gasteiger partial charge in [-0.3, -0.25) is 14.4 Å². The van der Waals surface area contributed by atoms with Crippen molar-refractivity contribution >= 4 is 74.0 Å². The third-order valence-corrected chi connectivity index (χ3v) is 9.85. The van der Waals surface area contributed by atoms with Crippen molar-refractivity contribution in [2.24, 2.45) is 0 Å². The molecule has 0 spiro atoms. The van der Waals surface area contributed by atoms with Crippen LogP contribution in [0.15, 0.2) is 177 Å².